The van der Waals surface area contributed by atoms with Crippen molar-refractivity contribution >= 4 is 39.0 Å². The van der Waals surface area contributed by atoms with Crippen molar-refractivity contribution in [3.8, 4) is 0 Å². The highest BCUT2D eigenvalue weighted by molar-refractivity contribution is 7.89. The molecule has 1 aromatic carbocycles. The fraction of sp³-hybridized carbons (Fsp3) is 0.250. The van der Waals surface area contributed by atoms with Crippen LogP contribution in [-0.4, -0.2) is 33.4 Å². The number of primary sulfonamides is 1. The van der Waals surface area contributed by atoms with Gasteiger partial charge in [-0.15, -0.1) is 11.3 Å². The van der Waals surface area contributed by atoms with E-state index >= 15 is 0 Å². The van der Waals surface area contributed by atoms with E-state index in [1.165, 1.54) is 23.5 Å². The van der Waals surface area contributed by atoms with Crippen LogP contribution in [0.4, 0.5) is 10.5 Å². The van der Waals surface area contributed by atoms with E-state index in [-0.39, 0.29) is 11.4 Å². The van der Waals surface area contributed by atoms with Crippen molar-refractivity contribution in [1.82, 2.24) is 10.6 Å². The molecule has 0 radical (unpaired) electrons. The molecule has 1 aliphatic rings. The number of nitrogens with zero attached hydrogens (tertiary/aromatic N) is 1. The second kappa shape index (κ2) is 7.44. The Morgan fingerprint density at radius 2 is 2.08 bits per heavy atom. The summed E-state index contributed by atoms with van der Waals surface area (Å²) in [5.41, 5.74) is 1.58. The van der Waals surface area contributed by atoms with Crippen LogP contribution in [0.3, 0.4) is 0 Å². The molecular formula is C16H18N4O4S2. The highest BCUT2D eigenvalue weighted by atomic mass is 32.2. The third-order valence-corrected chi connectivity index (χ3v) is 5.75. The number of urea groups is 1. The van der Waals surface area contributed by atoms with Crippen molar-refractivity contribution in [2.75, 3.05) is 18.0 Å². The molecular weight excluding hydrogens is 376 g/mol. The van der Waals surface area contributed by atoms with Crippen molar-refractivity contribution < 1.29 is 18.0 Å². The maximum atomic E-state index is 12.1. The molecule has 2 aromatic rings. The summed E-state index contributed by atoms with van der Waals surface area (Å²) in [7, 11) is -3.76. The number of nitrogens with two attached hydrogens (primary N) is 1. The van der Waals surface area contributed by atoms with E-state index in [1.807, 2.05) is 17.5 Å². The Hall–Kier alpha value is -2.43. The lowest BCUT2D eigenvalue weighted by atomic mass is 10.2. The Bertz CT molecular complexity index is 926. The summed E-state index contributed by atoms with van der Waals surface area (Å²) in [5, 5.41) is 12.0. The number of carbonyl (C=O) groups excluding carboxylic acids is 2. The summed E-state index contributed by atoms with van der Waals surface area (Å²) in [5.74, 6) is -0.433. The van der Waals surface area contributed by atoms with E-state index in [9.17, 15) is 18.0 Å². The minimum Gasteiger partial charge on any atom is -0.362 e. The Labute approximate surface area is 155 Å². The van der Waals surface area contributed by atoms with Crippen LogP contribution in [-0.2, 0) is 27.8 Å². The summed E-state index contributed by atoms with van der Waals surface area (Å²) in [6.45, 7) is 0.932. The molecule has 0 unspecified atom stereocenters. The molecule has 0 spiro atoms. The molecule has 3 amide bonds. The van der Waals surface area contributed by atoms with Gasteiger partial charge in [-0.25, -0.2) is 18.4 Å². The Morgan fingerprint density at radius 1 is 1.27 bits per heavy atom. The standard InChI is InChI=1S/C16H18N4O4S2/c17-26(23,24)13-3-4-14-11(8-13)5-6-20(14)10-15(21)19-16(22)18-9-12-2-1-7-25-12/h1-4,7-8H,5-6,9-10H2,(H2,17,23,24)(H2,18,19,21,22). The Morgan fingerprint density at radius 3 is 2.77 bits per heavy atom. The molecule has 138 valence electrons. The molecule has 26 heavy (non-hydrogen) atoms. The van der Waals surface area contributed by atoms with Gasteiger partial charge in [-0.1, -0.05) is 6.07 Å². The average molecular weight is 394 g/mol. The lowest BCUT2D eigenvalue weighted by Crippen LogP contribution is -2.44. The molecule has 0 bridgehead atoms. The highest BCUT2D eigenvalue weighted by Crippen LogP contribution is 2.29. The first kappa shape index (κ1) is 18.4. The number of hydrogen-bond acceptors (Lipinski definition) is 6. The van der Waals surface area contributed by atoms with Crippen LogP contribution in [0.5, 0.6) is 0 Å². The monoisotopic (exact) mass is 394 g/mol. The summed E-state index contributed by atoms with van der Waals surface area (Å²) < 4.78 is 22.8. The molecule has 4 N–H and O–H groups in total. The van der Waals surface area contributed by atoms with Gasteiger partial charge in [0.2, 0.25) is 15.9 Å². The van der Waals surface area contributed by atoms with Crippen molar-refractivity contribution in [3.05, 3.63) is 46.2 Å². The maximum Gasteiger partial charge on any atom is 0.321 e. The van der Waals surface area contributed by atoms with Gasteiger partial charge in [-0.2, -0.15) is 0 Å². The van der Waals surface area contributed by atoms with Crippen LogP contribution in [0.25, 0.3) is 0 Å². The molecule has 1 aliphatic heterocycles. The molecule has 10 heteroatoms. The average Bonchev–Trinajstić information content (AvgIpc) is 3.22. The number of rotatable bonds is 5. The van der Waals surface area contributed by atoms with Gasteiger partial charge in [0, 0.05) is 17.1 Å². The zero-order chi connectivity index (χ0) is 18.7. The molecule has 0 atom stereocenters. The van der Waals surface area contributed by atoms with E-state index in [1.54, 1.807) is 11.0 Å². The molecule has 0 saturated carbocycles. The van der Waals surface area contributed by atoms with Crippen molar-refractivity contribution in [1.29, 1.82) is 0 Å². The van der Waals surface area contributed by atoms with Gasteiger partial charge < -0.3 is 10.2 Å². The van der Waals surface area contributed by atoms with E-state index in [4.69, 9.17) is 5.14 Å². The third-order valence-electron chi connectivity index (χ3n) is 3.96. The SMILES string of the molecule is NS(=O)(=O)c1ccc2c(c1)CCN2CC(=O)NC(=O)NCc1cccs1. The topological polar surface area (TPSA) is 122 Å². The highest BCUT2D eigenvalue weighted by Gasteiger charge is 2.23. The number of hydrogen-bond donors (Lipinski definition) is 3. The summed E-state index contributed by atoms with van der Waals surface area (Å²) in [6, 6.07) is 7.80. The number of sulfonamides is 1. The predicted octanol–water partition coefficient (Wildman–Crippen LogP) is 0.784. The quantitative estimate of drug-likeness (QED) is 0.692. The first-order chi connectivity index (χ1) is 12.3. The summed E-state index contributed by atoms with van der Waals surface area (Å²) >= 11 is 1.52. The van der Waals surface area contributed by atoms with Gasteiger partial charge in [0.1, 0.15) is 0 Å². The molecule has 0 fully saturated rings. The predicted molar refractivity (Wildman–Crippen MR) is 98.4 cm³/mol. The fourth-order valence-corrected chi connectivity index (χ4v) is 3.96. The Balaban J connectivity index is 1.55. The molecule has 3 rings (SSSR count). The van der Waals surface area contributed by atoms with Crippen LogP contribution < -0.4 is 20.7 Å². The Kier molecular flexibility index (Phi) is 5.25. The maximum absolute atomic E-state index is 12.1. The van der Waals surface area contributed by atoms with E-state index < -0.39 is 22.0 Å². The smallest absolute Gasteiger partial charge is 0.321 e. The van der Waals surface area contributed by atoms with Crippen molar-refractivity contribution in [2.24, 2.45) is 5.14 Å². The van der Waals surface area contributed by atoms with E-state index in [0.717, 1.165) is 16.1 Å². The number of thiophene rings is 1. The second-order valence-corrected chi connectivity index (χ2v) is 8.41. The molecule has 0 aliphatic carbocycles. The van der Waals surface area contributed by atoms with Gasteiger partial charge in [0.15, 0.2) is 0 Å². The second-order valence-electron chi connectivity index (χ2n) is 5.82. The van der Waals surface area contributed by atoms with Gasteiger partial charge in [0.05, 0.1) is 18.0 Å². The van der Waals surface area contributed by atoms with Crippen molar-refractivity contribution in [2.45, 2.75) is 17.9 Å². The van der Waals surface area contributed by atoms with Crippen LogP contribution in [0, 0.1) is 0 Å². The molecule has 0 saturated heterocycles. The van der Waals surface area contributed by atoms with Crippen molar-refractivity contribution in [3.63, 3.8) is 0 Å². The number of imide groups is 1. The normalized spacial score (nSPS) is 13.3. The van der Waals surface area contributed by atoms with Gasteiger partial charge >= 0.3 is 6.03 Å². The molecule has 1 aromatic heterocycles. The number of anilines is 1. The first-order valence-electron chi connectivity index (χ1n) is 7.83. The van der Waals surface area contributed by atoms with Crippen LogP contribution in [0.1, 0.15) is 10.4 Å². The zero-order valence-corrected chi connectivity index (χ0v) is 15.4. The summed E-state index contributed by atoms with van der Waals surface area (Å²) in [4.78, 5) is 26.7. The lowest BCUT2D eigenvalue weighted by Gasteiger charge is -2.18. The number of amides is 3. The van der Waals surface area contributed by atoms with Gasteiger partial charge in [-0.3, -0.25) is 10.1 Å². The van der Waals surface area contributed by atoms with E-state index in [2.05, 4.69) is 10.6 Å². The minimum absolute atomic E-state index is 0.00808. The van der Waals surface area contributed by atoms with Crippen LogP contribution in [0.2, 0.25) is 0 Å². The molecule has 8 nitrogen and oxygen atoms in total. The van der Waals surface area contributed by atoms with Crippen LogP contribution in [0.15, 0.2) is 40.6 Å². The number of benzene rings is 1. The third kappa shape index (κ3) is 4.40. The van der Waals surface area contributed by atoms with Gasteiger partial charge in [-0.05, 0) is 41.6 Å². The molecule has 2 heterocycles. The largest absolute Gasteiger partial charge is 0.362 e. The first-order valence-corrected chi connectivity index (χ1v) is 10.3. The van der Waals surface area contributed by atoms with E-state index in [0.29, 0.717) is 19.5 Å². The van der Waals surface area contributed by atoms with Crippen LogP contribution >= 0.6 is 11.3 Å². The van der Waals surface area contributed by atoms with Gasteiger partial charge in [0.25, 0.3) is 0 Å². The summed E-state index contributed by atoms with van der Waals surface area (Å²) in [6.07, 6.45) is 0.608. The minimum atomic E-state index is -3.76. The zero-order valence-electron chi connectivity index (χ0n) is 13.8. The fourth-order valence-electron chi connectivity index (χ4n) is 2.75. The number of carbonyl (C=O) groups is 2. The number of fused-ring (bicyclic) bond motifs is 1. The lowest BCUT2D eigenvalue weighted by molar-refractivity contribution is -0.118. The number of nitrogens with one attached hydrogen (secondary N) is 2.